The van der Waals surface area contributed by atoms with Gasteiger partial charge in [-0.25, -0.2) is 0 Å². The van der Waals surface area contributed by atoms with Gasteiger partial charge in [-0.1, -0.05) is 80.6 Å². The van der Waals surface area contributed by atoms with E-state index in [2.05, 4.69) is 37.3 Å². The summed E-state index contributed by atoms with van der Waals surface area (Å²) in [6.45, 7) is 2.90. The molecule has 0 aliphatic heterocycles. The maximum atomic E-state index is 9.80. The molecule has 0 aliphatic carbocycles. The molecule has 1 N–H and O–H groups in total. The van der Waals surface area contributed by atoms with E-state index in [1.165, 1.54) is 50.5 Å². The van der Waals surface area contributed by atoms with E-state index in [4.69, 9.17) is 4.74 Å². The molecular weight excluding hydrogens is 320 g/mol. The monoisotopic (exact) mass is 354 g/mol. The van der Waals surface area contributed by atoms with Gasteiger partial charge in [0.2, 0.25) is 0 Å². The summed E-state index contributed by atoms with van der Waals surface area (Å²) in [7, 11) is 0. The highest BCUT2D eigenvalue weighted by Crippen LogP contribution is 2.18. The van der Waals surface area contributed by atoms with E-state index in [9.17, 15) is 5.11 Å². The first-order valence-electron chi connectivity index (χ1n) is 10.2. The number of ether oxygens (including phenoxy) is 1. The highest BCUT2D eigenvalue weighted by molar-refractivity contribution is 5.32. The van der Waals surface area contributed by atoms with Gasteiger partial charge in [0, 0.05) is 13.0 Å². The zero-order chi connectivity index (χ0) is 18.5. The Labute approximate surface area is 159 Å². The van der Waals surface area contributed by atoms with Crippen LogP contribution in [0.1, 0.15) is 63.0 Å². The molecule has 142 valence electrons. The fourth-order valence-electron chi connectivity index (χ4n) is 3.30. The summed E-state index contributed by atoms with van der Waals surface area (Å²) in [5, 5.41) is 9.80. The Morgan fingerprint density at radius 3 is 2.12 bits per heavy atom. The van der Waals surface area contributed by atoms with Crippen LogP contribution in [-0.4, -0.2) is 17.8 Å². The van der Waals surface area contributed by atoms with E-state index in [0.29, 0.717) is 5.75 Å². The molecule has 0 radical (unpaired) electrons. The maximum Gasteiger partial charge on any atom is 0.118 e. The third-order valence-electron chi connectivity index (χ3n) is 4.85. The second-order valence-corrected chi connectivity index (χ2v) is 7.22. The van der Waals surface area contributed by atoms with Crippen LogP contribution >= 0.6 is 0 Å². The Balaban J connectivity index is 1.40. The number of aryl methyl sites for hydroxylation is 1. The van der Waals surface area contributed by atoms with Gasteiger partial charge < -0.3 is 9.84 Å². The van der Waals surface area contributed by atoms with Crippen molar-refractivity contribution in [3.63, 3.8) is 0 Å². The third-order valence-corrected chi connectivity index (χ3v) is 4.85. The van der Waals surface area contributed by atoms with E-state index < -0.39 is 0 Å². The largest absolute Gasteiger partial charge is 0.508 e. The smallest absolute Gasteiger partial charge is 0.118 e. The molecule has 0 aromatic heterocycles. The normalized spacial score (nSPS) is 12.2. The molecule has 0 fully saturated rings. The van der Waals surface area contributed by atoms with Crippen molar-refractivity contribution in [2.75, 3.05) is 6.61 Å². The molecule has 2 nitrogen and oxygen atoms in total. The lowest BCUT2D eigenvalue weighted by Crippen LogP contribution is -2.12. The summed E-state index contributed by atoms with van der Waals surface area (Å²) in [6.07, 6.45) is 11.2. The molecule has 26 heavy (non-hydrogen) atoms. The van der Waals surface area contributed by atoms with E-state index in [0.717, 1.165) is 25.0 Å². The SMILES string of the molecule is CC(Cc1ccccc1O)OCCCCCCCCCc1ccccc1. The highest BCUT2D eigenvalue weighted by atomic mass is 16.5. The molecule has 0 amide bonds. The Morgan fingerprint density at radius 1 is 0.769 bits per heavy atom. The first-order chi connectivity index (χ1) is 12.8. The van der Waals surface area contributed by atoms with E-state index >= 15 is 0 Å². The molecule has 0 saturated heterocycles. The molecule has 0 spiro atoms. The van der Waals surface area contributed by atoms with Gasteiger partial charge in [0.25, 0.3) is 0 Å². The second kappa shape index (κ2) is 12.5. The second-order valence-electron chi connectivity index (χ2n) is 7.22. The molecular formula is C24H34O2. The molecule has 2 aromatic rings. The quantitative estimate of drug-likeness (QED) is 0.427. The maximum absolute atomic E-state index is 9.80. The van der Waals surface area contributed by atoms with E-state index in [1.807, 2.05) is 18.2 Å². The number of phenolic OH excluding ortho intramolecular Hbond substituents is 1. The number of rotatable bonds is 13. The molecule has 2 rings (SSSR count). The minimum absolute atomic E-state index is 0.154. The van der Waals surface area contributed by atoms with Crippen LogP contribution in [0, 0.1) is 0 Å². The number of hydrogen-bond donors (Lipinski definition) is 1. The first kappa shape index (κ1) is 20.5. The lowest BCUT2D eigenvalue weighted by molar-refractivity contribution is 0.0631. The third kappa shape index (κ3) is 8.53. The highest BCUT2D eigenvalue weighted by Gasteiger charge is 2.07. The topological polar surface area (TPSA) is 29.5 Å². The molecule has 1 atom stereocenters. The average molecular weight is 355 g/mol. The van der Waals surface area contributed by atoms with Gasteiger partial charge in [-0.15, -0.1) is 0 Å². The summed E-state index contributed by atoms with van der Waals surface area (Å²) in [5.41, 5.74) is 2.43. The molecule has 2 aromatic carbocycles. The number of benzene rings is 2. The lowest BCUT2D eigenvalue weighted by Gasteiger charge is -2.14. The van der Waals surface area contributed by atoms with Crippen LogP contribution in [0.15, 0.2) is 54.6 Å². The standard InChI is InChI=1S/C24H34O2/c1-21(20-23-17-11-12-18-24(23)25)26-19-13-6-4-2-3-5-8-14-22-15-9-7-10-16-22/h7,9-12,15-18,21,25H,2-6,8,13-14,19-20H2,1H3. The summed E-state index contributed by atoms with van der Waals surface area (Å²) in [4.78, 5) is 0. The van der Waals surface area contributed by atoms with E-state index in [1.54, 1.807) is 6.07 Å². The van der Waals surface area contributed by atoms with Crippen LogP contribution in [0.5, 0.6) is 5.75 Å². The van der Waals surface area contributed by atoms with Crippen LogP contribution in [0.4, 0.5) is 0 Å². The molecule has 0 bridgehead atoms. The Hall–Kier alpha value is -1.80. The van der Waals surface area contributed by atoms with Crippen LogP contribution in [-0.2, 0) is 17.6 Å². The predicted molar refractivity (Wildman–Crippen MR) is 110 cm³/mol. The fraction of sp³-hybridized carbons (Fsp3) is 0.500. The lowest BCUT2D eigenvalue weighted by atomic mass is 10.0. The number of para-hydroxylation sites is 1. The first-order valence-corrected chi connectivity index (χ1v) is 10.2. The summed E-state index contributed by atoms with van der Waals surface area (Å²) in [6, 6.07) is 18.3. The number of unbranched alkanes of at least 4 members (excludes halogenated alkanes) is 6. The zero-order valence-corrected chi connectivity index (χ0v) is 16.2. The summed E-state index contributed by atoms with van der Waals surface area (Å²) in [5.74, 6) is 0.371. The number of phenols is 1. The fourth-order valence-corrected chi connectivity index (χ4v) is 3.30. The minimum Gasteiger partial charge on any atom is -0.508 e. The van der Waals surface area contributed by atoms with Crippen molar-refractivity contribution in [2.24, 2.45) is 0 Å². The molecule has 1 unspecified atom stereocenters. The average Bonchev–Trinajstić information content (AvgIpc) is 2.66. The van der Waals surface area contributed by atoms with Crippen LogP contribution in [0.2, 0.25) is 0 Å². The van der Waals surface area contributed by atoms with Crippen molar-refractivity contribution in [3.8, 4) is 5.75 Å². The Morgan fingerprint density at radius 2 is 1.38 bits per heavy atom. The number of hydrogen-bond acceptors (Lipinski definition) is 2. The van der Waals surface area contributed by atoms with Gasteiger partial charge in [-0.05, 0) is 43.4 Å². The zero-order valence-electron chi connectivity index (χ0n) is 16.2. The molecule has 0 aliphatic rings. The van der Waals surface area contributed by atoms with Crippen molar-refractivity contribution >= 4 is 0 Å². The number of aromatic hydroxyl groups is 1. The van der Waals surface area contributed by atoms with Crippen LogP contribution in [0.25, 0.3) is 0 Å². The van der Waals surface area contributed by atoms with Crippen molar-refractivity contribution in [2.45, 2.75) is 70.8 Å². The van der Waals surface area contributed by atoms with Gasteiger partial charge in [-0.2, -0.15) is 0 Å². The van der Waals surface area contributed by atoms with Gasteiger partial charge in [0.1, 0.15) is 5.75 Å². The van der Waals surface area contributed by atoms with Crippen molar-refractivity contribution in [1.82, 2.24) is 0 Å². The van der Waals surface area contributed by atoms with Gasteiger partial charge in [0.05, 0.1) is 6.10 Å². The molecule has 0 heterocycles. The van der Waals surface area contributed by atoms with Gasteiger partial charge in [0.15, 0.2) is 0 Å². The summed E-state index contributed by atoms with van der Waals surface area (Å²) < 4.78 is 5.88. The van der Waals surface area contributed by atoms with E-state index in [-0.39, 0.29) is 6.10 Å². The minimum atomic E-state index is 0.154. The molecule has 0 saturated carbocycles. The van der Waals surface area contributed by atoms with Crippen LogP contribution in [0.3, 0.4) is 0 Å². The van der Waals surface area contributed by atoms with Crippen molar-refractivity contribution in [1.29, 1.82) is 0 Å². The van der Waals surface area contributed by atoms with Crippen LogP contribution < -0.4 is 0 Å². The predicted octanol–water partition coefficient (Wildman–Crippen LogP) is 6.31. The Bertz CT molecular complexity index is 594. The Kier molecular flexibility index (Phi) is 9.89. The van der Waals surface area contributed by atoms with Gasteiger partial charge >= 0.3 is 0 Å². The van der Waals surface area contributed by atoms with Gasteiger partial charge in [-0.3, -0.25) is 0 Å². The molecule has 2 heteroatoms. The summed E-state index contributed by atoms with van der Waals surface area (Å²) >= 11 is 0. The van der Waals surface area contributed by atoms with Crippen molar-refractivity contribution < 1.29 is 9.84 Å². The van der Waals surface area contributed by atoms with Crippen molar-refractivity contribution in [3.05, 3.63) is 65.7 Å².